The molecule has 3 heterocycles. The number of azo groups is 1. The fraction of sp³-hybridized carbons (Fsp3) is 0.364. The molecule has 0 aliphatic carbocycles. The quantitative estimate of drug-likeness (QED) is 0.303. The number of piperazine rings is 1. The van der Waals surface area contributed by atoms with Crippen LogP contribution in [0.1, 0.15) is 27.4 Å². The Morgan fingerprint density at radius 1 is 1.27 bits per heavy atom. The smallest absolute Gasteiger partial charge is 0.404 e. The molecule has 5 N–H and O–H groups in total. The van der Waals surface area contributed by atoms with E-state index >= 15 is 0 Å². The largest absolute Gasteiger partial charge is 0.505 e. The van der Waals surface area contributed by atoms with Crippen molar-refractivity contribution in [2.24, 2.45) is 16.0 Å². The normalized spacial score (nSPS) is 26.7. The van der Waals surface area contributed by atoms with Gasteiger partial charge in [-0.2, -0.15) is 0 Å². The summed E-state index contributed by atoms with van der Waals surface area (Å²) < 4.78 is 11.1. The second-order valence-corrected chi connectivity index (χ2v) is 8.30. The van der Waals surface area contributed by atoms with Crippen LogP contribution in [-0.2, 0) is 9.47 Å². The van der Waals surface area contributed by atoms with Gasteiger partial charge in [-0.25, -0.2) is 4.79 Å². The summed E-state index contributed by atoms with van der Waals surface area (Å²) in [6.45, 7) is 1.92. The van der Waals surface area contributed by atoms with E-state index < -0.39 is 23.6 Å². The SMILES string of the molecule is CO[C@@]12[C@H](COC(N)=O)c3c(O)c(N=NC(=O)c4ccccc4)c(C)c(O)c3N1C[C@@H]1N[C@@H]12. The van der Waals surface area contributed by atoms with Gasteiger partial charge < -0.3 is 35.6 Å². The number of methoxy groups -OCH3 is 1. The minimum Gasteiger partial charge on any atom is -0.505 e. The van der Waals surface area contributed by atoms with E-state index in [0.717, 1.165) is 0 Å². The van der Waals surface area contributed by atoms with Crippen LogP contribution < -0.4 is 16.0 Å². The average molecular weight is 453 g/mol. The summed E-state index contributed by atoms with van der Waals surface area (Å²) >= 11 is 0. The first-order valence-electron chi connectivity index (χ1n) is 10.4. The number of fused-ring (bicyclic) bond motifs is 5. The standard InChI is InChI=1S/C22H23N5O6/c1-10-15(25-26-20(30)11-6-4-3-5-7-11)18(29)14-12(9-33-21(23)31)22(32-2)19-13(24-19)8-27(22)16(14)17(10)28/h3-7,12-13,19,24,28-29H,8-9H2,1-2H3,(H2,23,31)/t12-,13+,19+,22-/m1/s1. The Hall–Kier alpha value is -3.70. The van der Waals surface area contributed by atoms with Crippen LogP contribution in [0.15, 0.2) is 40.6 Å². The summed E-state index contributed by atoms with van der Waals surface area (Å²) in [5, 5.41) is 33.4. The molecule has 172 valence electrons. The third-order valence-corrected chi connectivity index (χ3v) is 6.70. The van der Waals surface area contributed by atoms with Crippen molar-refractivity contribution in [1.82, 2.24) is 5.32 Å². The highest BCUT2D eigenvalue weighted by atomic mass is 16.6. The minimum absolute atomic E-state index is 0.0488. The van der Waals surface area contributed by atoms with Crippen molar-refractivity contribution in [3.63, 3.8) is 0 Å². The summed E-state index contributed by atoms with van der Waals surface area (Å²) in [4.78, 5) is 25.6. The van der Waals surface area contributed by atoms with Crippen LogP contribution in [-0.4, -0.2) is 60.3 Å². The second kappa shape index (κ2) is 7.42. The van der Waals surface area contributed by atoms with Crippen LogP contribution in [0.5, 0.6) is 11.5 Å². The number of ether oxygens (including phenoxy) is 2. The van der Waals surface area contributed by atoms with E-state index in [2.05, 4.69) is 15.5 Å². The molecule has 3 aliphatic rings. The summed E-state index contributed by atoms with van der Waals surface area (Å²) in [6.07, 6.45) is -0.969. The zero-order valence-electron chi connectivity index (χ0n) is 18.0. The summed E-state index contributed by atoms with van der Waals surface area (Å²) in [7, 11) is 1.53. The number of nitrogens with one attached hydrogen (secondary N) is 1. The Balaban J connectivity index is 1.61. The van der Waals surface area contributed by atoms with Gasteiger partial charge in [-0.15, -0.1) is 10.2 Å². The molecule has 11 heteroatoms. The zero-order chi connectivity index (χ0) is 23.5. The van der Waals surface area contributed by atoms with E-state index in [9.17, 15) is 19.8 Å². The summed E-state index contributed by atoms with van der Waals surface area (Å²) in [5.74, 6) is -1.67. The van der Waals surface area contributed by atoms with Gasteiger partial charge in [-0.3, -0.25) is 4.79 Å². The predicted molar refractivity (Wildman–Crippen MR) is 116 cm³/mol. The highest BCUT2D eigenvalue weighted by Crippen LogP contribution is 2.64. The third-order valence-electron chi connectivity index (χ3n) is 6.70. The Kier molecular flexibility index (Phi) is 4.76. The number of benzene rings is 2. The molecular weight excluding hydrogens is 430 g/mol. The maximum absolute atomic E-state index is 12.4. The van der Waals surface area contributed by atoms with Gasteiger partial charge in [0, 0.05) is 36.4 Å². The van der Waals surface area contributed by atoms with Gasteiger partial charge in [0.15, 0.2) is 5.72 Å². The fourth-order valence-electron chi connectivity index (χ4n) is 5.17. The number of nitrogens with two attached hydrogens (primary N) is 1. The molecular formula is C22H23N5O6. The van der Waals surface area contributed by atoms with Crippen molar-refractivity contribution in [1.29, 1.82) is 0 Å². The molecule has 11 nitrogen and oxygen atoms in total. The number of aromatic hydroxyl groups is 2. The average Bonchev–Trinajstić information content (AvgIpc) is 3.42. The fourth-order valence-corrected chi connectivity index (χ4v) is 5.17. The van der Waals surface area contributed by atoms with E-state index in [1.54, 1.807) is 37.3 Å². The lowest BCUT2D eigenvalue weighted by Gasteiger charge is -2.38. The Bertz CT molecular complexity index is 1190. The number of amides is 2. The van der Waals surface area contributed by atoms with Crippen LogP contribution in [0.2, 0.25) is 0 Å². The number of hydrogen-bond donors (Lipinski definition) is 4. The molecule has 0 radical (unpaired) electrons. The maximum Gasteiger partial charge on any atom is 0.404 e. The Morgan fingerprint density at radius 3 is 2.67 bits per heavy atom. The van der Waals surface area contributed by atoms with Crippen molar-refractivity contribution >= 4 is 23.4 Å². The van der Waals surface area contributed by atoms with E-state index in [-0.39, 0.29) is 41.4 Å². The molecule has 0 spiro atoms. The molecule has 2 saturated heterocycles. The highest BCUT2D eigenvalue weighted by molar-refractivity contribution is 5.95. The lowest BCUT2D eigenvalue weighted by molar-refractivity contribution is -0.0337. The van der Waals surface area contributed by atoms with Crippen molar-refractivity contribution in [2.45, 2.75) is 30.7 Å². The molecule has 2 aromatic rings. The number of nitrogens with zero attached hydrogens (tertiary/aromatic N) is 3. The summed E-state index contributed by atoms with van der Waals surface area (Å²) in [5.41, 5.74) is 5.42. The minimum atomic E-state index is -1.00. The first-order chi connectivity index (χ1) is 15.8. The second-order valence-electron chi connectivity index (χ2n) is 8.30. The predicted octanol–water partition coefficient (Wildman–Crippen LogP) is 2.03. The first-order valence-corrected chi connectivity index (χ1v) is 10.4. The third kappa shape index (κ3) is 2.96. The van der Waals surface area contributed by atoms with Crippen LogP contribution >= 0.6 is 0 Å². The lowest BCUT2D eigenvalue weighted by atomic mass is 9.88. The van der Waals surface area contributed by atoms with Gasteiger partial charge in [-0.1, -0.05) is 18.2 Å². The van der Waals surface area contributed by atoms with Crippen LogP contribution in [0, 0.1) is 6.92 Å². The van der Waals surface area contributed by atoms with E-state index in [1.807, 2.05) is 4.90 Å². The summed E-state index contributed by atoms with van der Waals surface area (Å²) in [6, 6.07) is 8.41. The van der Waals surface area contributed by atoms with Crippen LogP contribution in [0.3, 0.4) is 0 Å². The number of carbonyl (C=O) groups is 2. The number of phenolic OH excluding ortho intramolecular Hbond substituents is 2. The molecule has 5 rings (SSSR count). The number of rotatable bonds is 5. The van der Waals surface area contributed by atoms with Crippen LogP contribution in [0.4, 0.5) is 16.2 Å². The molecule has 2 fully saturated rings. The molecule has 2 amide bonds. The monoisotopic (exact) mass is 453 g/mol. The van der Waals surface area contributed by atoms with Crippen molar-refractivity contribution < 1.29 is 29.3 Å². The topological polar surface area (TPSA) is 169 Å². The molecule has 3 aliphatic heterocycles. The number of hydrogen-bond acceptors (Lipinski definition) is 9. The molecule has 0 unspecified atom stereocenters. The van der Waals surface area contributed by atoms with Crippen molar-refractivity contribution in [3.05, 3.63) is 47.0 Å². The molecule has 0 bridgehead atoms. The van der Waals surface area contributed by atoms with Gasteiger partial charge in [-0.05, 0) is 19.1 Å². The van der Waals surface area contributed by atoms with Gasteiger partial charge in [0.1, 0.15) is 23.8 Å². The van der Waals surface area contributed by atoms with Crippen LogP contribution in [0.25, 0.3) is 0 Å². The number of primary amides is 1. The van der Waals surface area contributed by atoms with Gasteiger partial charge in [0.05, 0.1) is 17.6 Å². The Morgan fingerprint density at radius 2 is 2.00 bits per heavy atom. The van der Waals surface area contributed by atoms with E-state index in [4.69, 9.17) is 15.2 Å². The first kappa shape index (κ1) is 21.2. The van der Waals surface area contributed by atoms with Gasteiger partial charge in [0.25, 0.3) is 5.91 Å². The zero-order valence-corrected chi connectivity index (χ0v) is 18.0. The number of phenols is 2. The Labute approximate surface area is 188 Å². The molecule has 2 aromatic carbocycles. The molecule has 33 heavy (non-hydrogen) atoms. The van der Waals surface area contributed by atoms with Gasteiger partial charge >= 0.3 is 6.09 Å². The molecule has 4 atom stereocenters. The van der Waals surface area contributed by atoms with Gasteiger partial charge in [0.2, 0.25) is 0 Å². The van der Waals surface area contributed by atoms with E-state index in [0.29, 0.717) is 23.4 Å². The number of carbonyl (C=O) groups excluding carboxylic acids is 2. The van der Waals surface area contributed by atoms with E-state index in [1.165, 1.54) is 7.11 Å². The lowest BCUT2D eigenvalue weighted by Crippen LogP contribution is -2.54. The molecule has 0 aromatic heterocycles. The highest BCUT2D eigenvalue weighted by Gasteiger charge is 2.71. The number of anilines is 1. The van der Waals surface area contributed by atoms with Crippen molar-refractivity contribution in [3.8, 4) is 11.5 Å². The maximum atomic E-state index is 12.4. The molecule has 0 saturated carbocycles. The van der Waals surface area contributed by atoms with Crippen molar-refractivity contribution in [2.75, 3.05) is 25.2 Å².